The molecular weight excluding hydrogens is 300 g/mol. The lowest BCUT2D eigenvalue weighted by atomic mass is 9.94. The maximum Gasteiger partial charge on any atom is -0.0168 e. The fourth-order valence-corrected chi connectivity index (χ4v) is 3.01. The van der Waals surface area contributed by atoms with Crippen molar-refractivity contribution in [3.05, 3.63) is 94.1 Å². The maximum absolute atomic E-state index is 2.23. The highest BCUT2D eigenvalue weighted by atomic mass is 14.1. The molecule has 2 aromatic rings. The summed E-state index contributed by atoms with van der Waals surface area (Å²) >= 11 is 0. The van der Waals surface area contributed by atoms with Gasteiger partial charge in [0, 0.05) is 0 Å². The predicted molar refractivity (Wildman–Crippen MR) is 113 cm³/mol. The van der Waals surface area contributed by atoms with Crippen LogP contribution in [0.3, 0.4) is 0 Å². The maximum atomic E-state index is 2.23. The average molecular weight is 331 g/mol. The molecule has 0 heterocycles. The molecule has 130 valence electrons. The molecule has 0 aliphatic heterocycles. The van der Waals surface area contributed by atoms with Gasteiger partial charge in [0.1, 0.15) is 0 Å². The Morgan fingerprint density at radius 1 is 0.840 bits per heavy atom. The first-order valence-electron chi connectivity index (χ1n) is 9.08. The minimum atomic E-state index is 0.579. The van der Waals surface area contributed by atoms with E-state index in [0.29, 0.717) is 5.92 Å². The van der Waals surface area contributed by atoms with Crippen LogP contribution in [-0.4, -0.2) is 0 Å². The first kappa shape index (κ1) is 19.0. The fourth-order valence-electron chi connectivity index (χ4n) is 3.01. The second-order valence-corrected chi connectivity index (χ2v) is 7.27. The number of benzene rings is 2. The quantitative estimate of drug-likeness (QED) is 0.496. The highest BCUT2D eigenvalue weighted by Gasteiger charge is 2.05. The van der Waals surface area contributed by atoms with Gasteiger partial charge in [0.2, 0.25) is 0 Å². The van der Waals surface area contributed by atoms with Crippen LogP contribution in [0.15, 0.2) is 71.8 Å². The molecule has 0 amide bonds. The summed E-state index contributed by atoms with van der Waals surface area (Å²) in [4.78, 5) is 0. The molecule has 0 radical (unpaired) electrons. The third kappa shape index (κ3) is 5.32. The van der Waals surface area contributed by atoms with Gasteiger partial charge >= 0.3 is 0 Å². The number of rotatable bonds is 5. The van der Waals surface area contributed by atoms with Gasteiger partial charge in [-0.25, -0.2) is 0 Å². The fraction of sp³-hybridized carbons (Fsp3) is 0.280. The highest BCUT2D eigenvalue weighted by molar-refractivity contribution is 5.81. The van der Waals surface area contributed by atoms with Crippen molar-refractivity contribution in [3.8, 4) is 0 Å². The van der Waals surface area contributed by atoms with E-state index in [-0.39, 0.29) is 0 Å². The van der Waals surface area contributed by atoms with E-state index in [9.17, 15) is 0 Å². The van der Waals surface area contributed by atoms with Crippen molar-refractivity contribution >= 4 is 11.6 Å². The zero-order valence-electron chi connectivity index (χ0n) is 16.4. The second-order valence-electron chi connectivity index (χ2n) is 7.27. The van der Waals surface area contributed by atoms with E-state index in [0.717, 1.165) is 0 Å². The molecule has 0 spiro atoms. The Labute approximate surface area is 153 Å². The molecule has 0 nitrogen and oxygen atoms in total. The van der Waals surface area contributed by atoms with Crippen molar-refractivity contribution in [2.24, 2.45) is 0 Å². The van der Waals surface area contributed by atoms with Crippen molar-refractivity contribution in [1.29, 1.82) is 0 Å². The van der Waals surface area contributed by atoms with Crippen molar-refractivity contribution in [1.82, 2.24) is 0 Å². The number of hydrogen-bond acceptors (Lipinski definition) is 0. The van der Waals surface area contributed by atoms with Crippen LogP contribution in [-0.2, 0) is 0 Å². The highest BCUT2D eigenvalue weighted by Crippen LogP contribution is 2.27. The lowest BCUT2D eigenvalue weighted by Crippen LogP contribution is -1.90. The smallest absolute Gasteiger partial charge is 0.0168 e. The van der Waals surface area contributed by atoms with Crippen LogP contribution in [0, 0.1) is 6.92 Å². The van der Waals surface area contributed by atoms with Crippen molar-refractivity contribution in [2.75, 3.05) is 0 Å². The number of allylic oxidation sites excluding steroid dienone is 5. The monoisotopic (exact) mass is 330 g/mol. The molecular formula is C25H30. The van der Waals surface area contributed by atoms with E-state index in [1.54, 1.807) is 0 Å². The second kappa shape index (κ2) is 8.67. The van der Waals surface area contributed by atoms with Crippen LogP contribution in [0.2, 0.25) is 0 Å². The summed E-state index contributed by atoms with van der Waals surface area (Å²) in [5.41, 5.74) is 9.17. The molecule has 0 N–H and O–H groups in total. The first-order valence-corrected chi connectivity index (χ1v) is 9.08. The summed E-state index contributed by atoms with van der Waals surface area (Å²) in [6.45, 7) is 13.1. The first-order chi connectivity index (χ1) is 11.9. The molecule has 0 heteroatoms. The predicted octanol–water partition coefficient (Wildman–Crippen LogP) is 7.57. The molecule has 2 aromatic carbocycles. The molecule has 2 rings (SSSR count). The zero-order chi connectivity index (χ0) is 18.4. The lowest BCUT2D eigenvalue weighted by Gasteiger charge is -2.11. The van der Waals surface area contributed by atoms with Gasteiger partial charge in [0.05, 0.1) is 0 Å². The molecule has 0 aliphatic rings. The Kier molecular flexibility index (Phi) is 6.58. The van der Waals surface area contributed by atoms with Crippen molar-refractivity contribution in [3.63, 3.8) is 0 Å². The van der Waals surface area contributed by atoms with Crippen LogP contribution in [0.1, 0.15) is 62.8 Å². The van der Waals surface area contributed by atoms with E-state index < -0.39 is 0 Å². The Balaban J connectivity index is 2.20. The minimum absolute atomic E-state index is 0.579. The van der Waals surface area contributed by atoms with E-state index in [1.165, 1.54) is 39.0 Å². The van der Waals surface area contributed by atoms with Gasteiger partial charge in [0.25, 0.3) is 0 Å². The number of hydrogen-bond donors (Lipinski definition) is 0. The molecule has 0 atom stereocenters. The molecule has 0 fully saturated rings. The third-order valence-electron chi connectivity index (χ3n) is 4.47. The summed E-state index contributed by atoms with van der Waals surface area (Å²) in [6.07, 6.45) is 6.53. The van der Waals surface area contributed by atoms with Crippen LogP contribution in [0.4, 0.5) is 0 Å². The van der Waals surface area contributed by atoms with Crippen molar-refractivity contribution in [2.45, 2.75) is 47.5 Å². The third-order valence-corrected chi connectivity index (χ3v) is 4.47. The van der Waals surface area contributed by atoms with Gasteiger partial charge in [-0.15, -0.1) is 0 Å². The van der Waals surface area contributed by atoms with E-state index in [2.05, 4.69) is 108 Å². The van der Waals surface area contributed by atoms with Gasteiger partial charge in [-0.05, 0) is 61.4 Å². The molecule has 0 saturated heterocycles. The lowest BCUT2D eigenvalue weighted by molar-refractivity contribution is 0.866. The zero-order valence-corrected chi connectivity index (χ0v) is 16.4. The summed E-state index contributed by atoms with van der Waals surface area (Å²) in [5, 5.41) is 0. The van der Waals surface area contributed by atoms with Gasteiger partial charge in [-0.2, -0.15) is 0 Å². The molecule has 0 aromatic heterocycles. The summed E-state index contributed by atoms with van der Waals surface area (Å²) in [5.74, 6) is 0.579. The molecule has 0 unspecified atom stereocenters. The van der Waals surface area contributed by atoms with Crippen LogP contribution in [0.25, 0.3) is 11.6 Å². The summed E-state index contributed by atoms with van der Waals surface area (Å²) < 4.78 is 0. The summed E-state index contributed by atoms with van der Waals surface area (Å²) in [7, 11) is 0. The van der Waals surface area contributed by atoms with Gasteiger partial charge < -0.3 is 0 Å². The number of aryl methyl sites for hydroxylation is 1. The largest absolute Gasteiger partial charge is 0.0683 e. The van der Waals surface area contributed by atoms with Gasteiger partial charge in [-0.1, -0.05) is 91.7 Å². The van der Waals surface area contributed by atoms with Crippen molar-refractivity contribution < 1.29 is 0 Å². The van der Waals surface area contributed by atoms with E-state index in [4.69, 9.17) is 0 Å². The van der Waals surface area contributed by atoms with Crippen LogP contribution >= 0.6 is 0 Å². The topological polar surface area (TPSA) is 0 Å². The standard InChI is InChI=1S/C25H30/c1-18(2)23-16-12-22(13-17-23)9-7-8-21(6)25(19(3)4)24-14-10-20(5)11-15-24/h7-18H,1-6H3. The van der Waals surface area contributed by atoms with Crippen LogP contribution in [0.5, 0.6) is 0 Å². The Bertz CT molecular complexity index is 775. The van der Waals surface area contributed by atoms with Gasteiger partial charge in [0.15, 0.2) is 0 Å². The molecule has 0 aliphatic carbocycles. The SMILES string of the molecule is CC(=CC=Cc1ccc(C(C)C)cc1)C(=C(C)C)c1ccc(C)cc1. The Hall–Kier alpha value is -2.34. The van der Waals surface area contributed by atoms with Crippen LogP contribution < -0.4 is 0 Å². The molecule has 0 saturated carbocycles. The average Bonchev–Trinajstić information content (AvgIpc) is 2.57. The normalized spacial score (nSPS) is 12.0. The minimum Gasteiger partial charge on any atom is -0.0683 e. The summed E-state index contributed by atoms with van der Waals surface area (Å²) in [6, 6.07) is 17.6. The van der Waals surface area contributed by atoms with E-state index in [1.807, 2.05) is 0 Å². The Morgan fingerprint density at radius 2 is 1.44 bits per heavy atom. The molecule has 25 heavy (non-hydrogen) atoms. The van der Waals surface area contributed by atoms with Gasteiger partial charge in [-0.3, -0.25) is 0 Å². The van der Waals surface area contributed by atoms with E-state index >= 15 is 0 Å². The molecule has 0 bridgehead atoms. The Morgan fingerprint density at radius 3 is 1.96 bits per heavy atom.